The van der Waals surface area contributed by atoms with Gasteiger partial charge in [0.05, 0.1) is 11.9 Å². The number of hydrogen-bond acceptors (Lipinski definition) is 5. The molecule has 0 saturated heterocycles. The average Bonchev–Trinajstić information content (AvgIpc) is 3.19. The molecule has 0 bridgehead atoms. The normalized spacial score (nSPS) is 15.7. The third kappa shape index (κ3) is 4.70. The Kier molecular flexibility index (Phi) is 6.36. The second-order valence-corrected chi connectivity index (χ2v) is 9.98. The van der Waals surface area contributed by atoms with Gasteiger partial charge in [-0.1, -0.05) is 37.3 Å². The van der Waals surface area contributed by atoms with Crippen LogP contribution in [0.5, 0.6) is 5.75 Å². The molecule has 35 heavy (non-hydrogen) atoms. The molecular weight excluding hydrogens is 460 g/mol. The maximum Gasteiger partial charge on any atom is 0.307 e. The van der Waals surface area contributed by atoms with Crippen LogP contribution in [0.15, 0.2) is 77.7 Å². The topological polar surface area (TPSA) is 71.8 Å². The van der Waals surface area contributed by atoms with Crippen LogP contribution in [0, 0.1) is 6.92 Å². The van der Waals surface area contributed by atoms with Crippen molar-refractivity contribution in [3.05, 3.63) is 95.2 Å². The Morgan fingerprint density at radius 1 is 1.06 bits per heavy atom. The average molecular weight is 487 g/mol. The van der Waals surface area contributed by atoms with Gasteiger partial charge in [0.15, 0.2) is 6.73 Å². The summed E-state index contributed by atoms with van der Waals surface area (Å²) in [6, 6.07) is 22.9. The van der Waals surface area contributed by atoms with Crippen molar-refractivity contribution in [2.45, 2.75) is 31.1 Å². The molecule has 7 heteroatoms. The summed E-state index contributed by atoms with van der Waals surface area (Å²) in [4.78, 5) is 25.8. The highest BCUT2D eigenvalue weighted by atomic mass is 32.2. The van der Waals surface area contributed by atoms with Gasteiger partial charge in [-0.2, -0.15) is 0 Å². The van der Waals surface area contributed by atoms with E-state index in [1.807, 2.05) is 31.2 Å². The van der Waals surface area contributed by atoms with Gasteiger partial charge < -0.3 is 9.84 Å². The Morgan fingerprint density at radius 2 is 1.83 bits per heavy atom. The number of fused-ring (bicyclic) bond motifs is 2. The molecule has 1 aromatic heterocycles. The molecule has 0 radical (unpaired) electrons. The number of aliphatic carboxylic acids is 1. The van der Waals surface area contributed by atoms with E-state index in [2.05, 4.69) is 35.5 Å². The lowest BCUT2D eigenvalue weighted by molar-refractivity contribution is -0.136. The minimum absolute atomic E-state index is 0.0827. The van der Waals surface area contributed by atoms with E-state index in [4.69, 9.17) is 4.74 Å². The third-order valence-electron chi connectivity index (χ3n) is 6.30. The SMILES string of the molecule is Cc1cc2c(CC(=O)O)cccc2n1C(=O)c1ccc(OCN2CC(C)c3ccccc3S2)cc1. The molecule has 0 fully saturated rings. The van der Waals surface area contributed by atoms with Gasteiger partial charge >= 0.3 is 5.97 Å². The fourth-order valence-electron chi connectivity index (χ4n) is 4.61. The Bertz CT molecular complexity index is 1410. The van der Waals surface area contributed by atoms with Crippen molar-refractivity contribution in [2.75, 3.05) is 13.3 Å². The zero-order valence-corrected chi connectivity index (χ0v) is 20.4. The first-order valence-corrected chi connectivity index (χ1v) is 12.3. The van der Waals surface area contributed by atoms with Gasteiger partial charge in [0.1, 0.15) is 5.75 Å². The quantitative estimate of drug-likeness (QED) is 0.351. The summed E-state index contributed by atoms with van der Waals surface area (Å²) in [5.41, 5.74) is 4.08. The van der Waals surface area contributed by atoms with E-state index >= 15 is 0 Å². The predicted octanol–water partition coefficient (Wildman–Crippen LogP) is 5.73. The zero-order chi connectivity index (χ0) is 24.5. The lowest BCUT2D eigenvalue weighted by atomic mass is 10.0. The number of carboxylic acids is 1. The molecule has 1 unspecified atom stereocenters. The monoisotopic (exact) mass is 486 g/mol. The van der Waals surface area contributed by atoms with Crippen molar-refractivity contribution in [3.63, 3.8) is 0 Å². The lowest BCUT2D eigenvalue weighted by Gasteiger charge is -2.31. The molecule has 0 spiro atoms. The van der Waals surface area contributed by atoms with Gasteiger partial charge in [0.25, 0.3) is 5.91 Å². The molecule has 2 heterocycles. The Labute approximate surface area is 208 Å². The van der Waals surface area contributed by atoms with Gasteiger partial charge in [0.2, 0.25) is 0 Å². The summed E-state index contributed by atoms with van der Waals surface area (Å²) < 4.78 is 9.86. The van der Waals surface area contributed by atoms with Crippen LogP contribution in [0.1, 0.15) is 40.0 Å². The minimum atomic E-state index is -0.897. The van der Waals surface area contributed by atoms with E-state index in [1.54, 1.807) is 40.8 Å². The fraction of sp³-hybridized carbons (Fsp3) is 0.214. The van der Waals surface area contributed by atoms with Crippen molar-refractivity contribution in [2.24, 2.45) is 0 Å². The van der Waals surface area contributed by atoms with Crippen molar-refractivity contribution in [1.29, 1.82) is 0 Å². The molecular formula is C28H26N2O4S. The molecule has 6 nitrogen and oxygen atoms in total. The molecule has 5 rings (SSSR count). The Balaban J connectivity index is 1.30. The largest absolute Gasteiger partial charge is 0.481 e. The molecule has 1 aliphatic rings. The maximum atomic E-state index is 13.3. The number of ether oxygens (including phenoxy) is 1. The first-order chi connectivity index (χ1) is 16.9. The summed E-state index contributed by atoms with van der Waals surface area (Å²) in [6.07, 6.45) is -0.0827. The molecule has 0 amide bonds. The van der Waals surface area contributed by atoms with Crippen LogP contribution in [0.4, 0.5) is 0 Å². The first-order valence-electron chi connectivity index (χ1n) is 11.5. The number of carbonyl (C=O) groups excluding carboxylic acids is 1. The second kappa shape index (κ2) is 9.60. The van der Waals surface area contributed by atoms with E-state index < -0.39 is 5.97 Å². The molecule has 0 aliphatic carbocycles. The van der Waals surface area contributed by atoms with Crippen molar-refractivity contribution in [1.82, 2.24) is 8.87 Å². The number of rotatable bonds is 6. The predicted molar refractivity (Wildman–Crippen MR) is 137 cm³/mol. The third-order valence-corrected chi connectivity index (χ3v) is 7.38. The maximum absolute atomic E-state index is 13.3. The number of carboxylic acid groups (broad SMARTS) is 1. The highest BCUT2D eigenvalue weighted by molar-refractivity contribution is 7.97. The molecule has 1 atom stereocenters. The minimum Gasteiger partial charge on any atom is -0.481 e. The van der Waals surface area contributed by atoms with E-state index in [0.717, 1.165) is 17.6 Å². The molecule has 4 aromatic rings. The number of carbonyl (C=O) groups is 2. The molecule has 178 valence electrons. The van der Waals surface area contributed by atoms with Gasteiger partial charge in [0, 0.05) is 28.1 Å². The number of aryl methyl sites for hydroxylation is 1. The van der Waals surface area contributed by atoms with Gasteiger partial charge in [-0.15, -0.1) is 0 Å². The van der Waals surface area contributed by atoms with Crippen molar-refractivity contribution < 1.29 is 19.4 Å². The van der Waals surface area contributed by atoms with Gasteiger partial charge in [-0.25, -0.2) is 4.31 Å². The van der Waals surface area contributed by atoms with Crippen LogP contribution in [-0.2, 0) is 11.2 Å². The highest BCUT2D eigenvalue weighted by Crippen LogP contribution is 2.37. The second-order valence-electron chi connectivity index (χ2n) is 8.84. The summed E-state index contributed by atoms with van der Waals surface area (Å²) in [5, 5.41) is 10.00. The molecule has 1 aliphatic heterocycles. The standard InChI is InChI=1S/C28H26N2O4S/c1-18-16-29(35-26-9-4-3-7-23(18)26)17-34-22-12-10-20(11-13-22)28(33)30-19(2)14-24-21(15-27(31)32)6-5-8-25(24)30/h3-14,18H,15-17H2,1-2H3,(H,31,32). The van der Waals surface area contributed by atoms with Crippen molar-refractivity contribution in [3.8, 4) is 5.75 Å². The van der Waals surface area contributed by atoms with Crippen LogP contribution in [-0.4, -0.2) is 39.1 Å². The zero-order valence-electron chi connectivity index (χ0n) is 19.6. The van der Waals surface area contributed by atoms with Gasteiger partial charge in [-0.05, 0) is 78.4 Å². The Morgan fingerprint density at radius 3 is 2.60 bits per heavy atom. The van der Waals surface area contributed by atoms with Gasteiger partial charge in [-0.3, -0.25) is 14.2 Å². The molecule has 1 N–H and O–H groups in total. The van der Waals surface area contributed by atoms with E-state index in [-0.39, 0.29) is 12.3 Å². The summed E-state index contributed by atoms with van der Waals surface area (Å²) in [6.45, 7) is 5.44. The fourth-order valence-corrected chi connectivity index (χ4v) is 5.81. The van der Waals surface area contributed by atoms with Crippen LogP contribution >= 0.6 is 11.9 Å². The van der Waals surface area contributed by atoms with Crippen LogP contribution in [0.3, 0.4) is 0 Å². The summed E-state index contributed by atoms with van der Waals surface area (Å²) in [7, 11) is 0. The smallest absolute Gasteiger partial charge is 0.307 e. The molecule has 0 saturated carbocycles. The van der Waals surface area contributed by atoms with Crippen LogP contribution in [0.2, 0.25) is 0 Å². The van der Waals surface area contributed by atoms with Crippen molar-refractivity contribution >= 4 is 34.7 Å². The molecule has 3 aromatic carbocycles. The summed E-state index contributed by atoms with van der Waals surface area (Å²) >= 11 is 1.71. The van der Waals surface area contributed by atoms with E-state index in [9.17, 15) is 14.7 Å². The van der Waals surface area contributed by atoms with Crippen LogP contribution < -0.4 is 4.74 Å². The highest BCUT2D eigenvalue weighted by Gasteiger charge is 2.23. The number of aromatic nitrogens is 1. The van der Waals surface area contributed by atoms with E-state index in [1.165, 1.54) is 10.5 Å². The van der Waals surface area contributed by atoms with E-state index in [0.29, 0.717) is 35.0 Å². The number of benzene rings is 3. The summed E-state index contributed by atoms with van der Waals surface area (Å²) in [5.74, 6) is 0.0816. The van der Waals surface area contributed by atoms with Crippen LogP contribution in [0.25, 0.3) is 10.9 Å². The number of nitrogens with zero attached hydrogens (tertiary/aromatic N) is 2. The lowest BCUT2D eigenvalue weighted by Crippen LogP contribution is -2.29. The number of hydrogen-bond donors (Lipinski definition) is 1. The first kappa shape index (κ1) is 23.2. The Hall–Kier alpha value is -3.55.